The highest BCUT2D eigenvalue weighted by atomic mass is 79.9. The number of anilines is 1. The van der Waals surface area contributed by atoms with Gasteiger partial charge < -0.3 is 14.8 Å². The van der Waals surface area contributed by atoms with Crippen LogP contribution in [-0.2, 0) is 0 Å². The Kier molecular flexibility index (Phi) is 10.7. The number of hydrogen-bond donors (Lipinski definition) is 2. The molecule has 2 aromatic carbocycles. The maximum absolute atomic E-state index is 12.5. The maximum atomic E-state index is 12.5. The van der Waals surface area contributed by atoms with E-state index >= 15 is 0 Å². The summed E-state index contributed by atoms with van der Waals surface area (Å²) in [5.74, 6) is 1.17. The molecule has 0 radical (unpaired) electrons. The molecule has 7 heteroatoms. The lowest BCUT2D eigenvalue weighted by molar-refractivity contribution is 0.0977. The zero-order valence-electron chi connectivity index (χ0n) is 17.5. The summed E-state index contributed by atoms with van der Waals surface area (Å²) < 4.78 is 12.0. The van der Waals surface area contributed by atoms with Crippen molar-refractivity contribution < 1.29 is 14.3 Å². The summed E-state index contributed by atoms with van der Waals surface area (Å²) in [7, 11) is 0. The predicted octanol–water partition coefficient (Wildman–Crippen LogP) is 6.32. The highest BCUT2D eigenvalue weighted by Crippen LogP contribution is 2.26. The largest absolute Gasteiger partial charge is 0.494 e. The van der Waals surface area contributed by atoms with Crippen molar-refractivity contribution in [2.24, 2.45) is 0 Å². The Morgan fingerprint density at radius 3 is 2.57 bits per heavy atom. The van der Waals surface area contributed by atoms with Gasteiger partial charge in [0.2, 0.25) is 0 Å². The molecule has 0 bridgehead atoms. The quantitative estimate of drug-likeness (QED) is 0.283. The van der Waals surface area contributed by atoms with Gasteiger partial charge in [0.1, 0.15) is 11.5 Å². The van der Waals surface area contributed by atoms with Gasteiger partial charge in [-0.25, -0.2) is 0 Å². The predicted molar refractivity (Wildman–Crippen MR) is 130 cm³/mol. The Bertz CT molecular complexity index is 845. The minimum Gasteiger partial charge on any atom is -0.494 e. The minimum absolute atomic E-state index is 0.224. The zero-order valence-corrected chi connectivity index (χ0v) is 19.9. The molecule has 0 aliphatic heterocycles. The number of carbonyl (C=O) groups excluding carboxylic acids is 1. The summed E-state index contributed by atoms with van der Waals surface area (Å²) in [5, 5.41) is 5.95. The third kappa shape index (κ3) is 8.32. The van der Waals surface area contributed by atoms with E-state index in [2.05, 4.69) is 33.5 Å². The number of unbranched alkanes of at least 4 members (excludes halogenated alkanes) is 4. The topological polar surface area (TPSA) is 59.6 Å². The fourth-order valence-electron chi connectivity index (χ4n) is 2.81. The van der Waals surface area contributed by atoms with Crippen molar-refractivity contribution in [2.75, 3.05) is 18.5 Å². The van der Waals surface area contributed by atoms with Gasteiger partial charge in [0.15, 0.2) is 5.11 Å². The van der Waals surface area contributed by atoms with E-state index < -0.39 is 0 Å². The molecule has 0 saturated heterocycles. The normalized spacial score (nSPS) is 10.4. The summed E-state index contributed by atoms with van der Waals surface area (Å²) in [6, 6.07) is 12.7. The van der Waals surface area contributed by atoms with Crippen molar-refractivity contribution in [1.82, 2.24) is 5.32 Å². The smallest absolute Gasteiger partial charge is 0.257 e. The first kappa shape index (κ1) is 24.2. The van der Waals surface area contributed by atoms with Crippen LogP contribution in [0.15, 0.2) is 46.9 Å². The molecule has 0 aromatic heterocycles. The van der Waals surface area contributed by atoms with E-state index in [0.717, 1.165) is 22.3 Å². The second kappa shape index (κ2) is 13.2. The molecule has 0 unspecified atom stereocenters. The Hall–Kier alpha value is -2.12. The number of nitrogens with one attached hydrogen (secondary N) is 2. The molecule has 2 N–H and O–H groups in total. The van der Waals surface area contributed by atoms with Crippen molar-refractivity contribution in [3.05, 3.63) is 52.5 Å². The molecule has 0 heterocycles. The summed E-state index contributed by atoms with van der Waals surface area (Å²) in [6.45, 7) is 5.37. The van der Waals surface area contributed by atoms with E-state index in [9.17, 15) is 4.79 Å². The Morgan fingerprint density at radius 2 is 1.83 bits per heavy atom. The fraction of sp³-hybridized carbons (Fsp3) is 0.391. The van der Waals surface area contributed by atoms with Gasteiger partial charge in [-0.1, -0.05) is 38.7 Å². The summed E-state index contributed by atoms with van der Waals surface area (Å²) in [5.41, 5.74) is 1.24. The van der Waals surface area contributed by atoms with Crippen LogP contribution in [0, 0.1) is 0 Å². The van der Waals surface area contributed by atoms with E-state index in [4.69, 9.17) is 21.7 Å². The molecule has 0 spiro atoms. The van der Waals surface area contributed by atoms with Crippen LogP contribution >= 0.6 is 28.1 Å². The molecule has 0 fully saturated rings. The van der Waals surface area contributed by atoms with Gasteiger partial charge in [0, 0.05) is 17.3 Å². The number of halogens is 1. The van der Waals surface area contributed by atoms with Crippen molar-refractivity contribution in [3.8, 4) is 11.5 Å². The van der Waals surface area contributed by atoms with E-state index in [1.165, 1.54) is 25.7 Å². The first-order valence-electron chi connectivity index (χ1n) is 10.3. The highest BCUT2D eigenvalue weighted by Gasteiger charge is 2.11. The first-order valence-corrected chi connectivity index (χ1v) is 11.5. The second-order valence-electron chi connectivity index (χ2n) is 6.78. The SMILES string of the molecule is CCCCCCCOc1cccc(NC(=S)NC(=O)c2ccc(OCC)c(Br)c2)c1. The van der Waals surface area contributed by atoms with Crippen molar-refractivity contribution in [1.29, 1.82) is 0 Å². The maximum Gasteiger partial charge on any atom is 0.257 e. The van der Waals surface area contributed by atoms with Gasteiger partial charge in [0.25, 0.3) is 5.91 Å². The van der Waals surface area contributed by atoms with Gasteiger partial charge in [0.05, 0.1) is 17.7 Å². The van der Waals surface area contributed by atoms with Crippen LogP contribution in [0.5, 0.6) is 11.5 Å². The number of hydrogen-bond acceptors (Lipinski definition) is 4. The van der Waals surface area contributed by atoms with Gasteiger partial charge in [-0.3, -0.25) is 10.1 Å². The van der Waals surface area contributed by atoms with E-state index in [1.54, 1.807) is 18.2 Å². The third-order valence-corrected chi connectivity index (χ3v) is 5.15. The number of rotatable bonds is 11. The second-order valence-corrected chi connectivity index (χ2v) is 8.04. The number of ether oxygens (including phenoxy) is 2. The lowest BCUT2D eigenvalue weighted by Crippen LogP contribution is -2.34. The van der Waals surface area contributed by atoms with Crippen LogP contribution in [0.1, 0.15) is 56.3 Å². The fourth-order valence-corrected chi connectivity index (χ4v) is 3.52. The molecule has 30 heavy (non-hydrogen) atoms. The summed E-state index contributed by atoms with van der Waals surface area (Å²) in [6.07, 6.45) is 5.99. The van der Waals surface area contributed by atoms with E-state index in [0.29, 0.717) is 24.5 Å². The Morgan fingerprint density at radius 1 is 1.03 bits per heavy atom. The number of benzene rings is 2. The van der Waals surface area contributed by atoms with Crippen molar-refractivity contribution in [2.45, 2.75) is 46.0 Å². The lowest BCUT2D eigenvalue weighted by Gasteiger charge is -2.12. The van der Waals surface area contributed by atoms with Crippen LogP contribution in [0.3, 0.4) is 0 Å². The molecule has 162 valence electrons. The highest BCUT2D eigenvalue weighted by molar-refractivity contribution is 9.10. The number of amides is 1. The van der Waals surface area contributed by atoms with E-state index in [1.807, 2.05) is 31.2 Å². The van der Waals surface area contributed by atoms with Crippen LogP contribution in [0.25, 0.3) is 0 Å². The lowest BCUT2D eigenvalue weighted by atomic mass is 10.2. The zero-order chi connectivity index (χ0) is 21.8. The molecular formula is C23H29BrN2O3S. The van der Waals surface area contributed by atoms with Crippen LogP contribution in [0.4, 0.5) is 5.69 Å². The molecule has 0 aliphatic rings. The van der Waals surface area contributed by atoms with Gasteiger partial charge in [-0.2, -0.15) is 0 Å². The van der Waals surface area contributed by atoms with Gasteiger partial charge in [-0.05, 0) is 71.8 Å². The van der Waals surface area contributed by atoms with Gasteiger partial charge in [-0.15, -0.1) is 0 Å². The molecule has 1 amide bonds. The standard InChI is InChI=1S/C23H29BrN2O3S/c1-3-5-6-7-8-14-29-19-11-9-10-18(16-19)25-23(30)26-22(27)17-12-13-21(28-4-2)20(24)15-17/h9-13,15-16H,3-8,14H2,1-2H3,(H2,25,26,27,30). The van der Waals surface area contributed by atoms with Gasteiger partial charge >= 0.3 is 0 Å². The Labute approximate surface area is 192 Å². The monoisotopic (exact) mass is 492 g/mol. The molecule has 5 nitrogen and oxygen atoms in total. The molecule has 0 saturated carbocycles. The van der Waals surface area contributed by atoms with Crippen molar-refractivity contribution >= 4 is 44.9 Å². The summed E-state index contributed by atoms with van der Waals surface area (Å²) >= 11 is 8.70. The molecular weight excluding hydrogens is 464 g/mol. The third-order valence-electron chi connectivity index (χ3n) is 4.33. The minimum atomic E-state index is -0.296. The average Bonchev–Trinajstić information content (AvgIpc) is 2.72. The molecule has 0 atom stereocenters. The van der Waals surface area contributed by atoms with Crippen molar-refractivity contribution in [3.63, 3.8) is 0 Å². The van der Waals surface area contributed by atoms with Crippen LogP contribution in [0.2, 0.25) is 0 Å². The first-order chi connectivity index (χ1) is 14.5. The average molecular weight is 493 g/mol. The number of carbonyl (C=O) groups is 1. The van der Waals surface area contributed by atoms with Crippen LogP contribution in [-0.4, -0.2) is 24.2 Å². The number of thiocarbonyl (C=S) groups is 1. The molecule has 2 rings (SSSR count). The van der Waals surface area contributed by atoms with Crippen LogP contribution < -0.4 is 20.1 Å². The Balaban J connectivity index is 1.84. The van der Waals surface area contributed by atoms with E-state index in [-0.39, 0.29) is 11.0 Å². The summed E-state index contributed by atoms with van der Waals surface area (Å²) in [4.78, 5) is 12.5. The molecule has 2 aromatic rings. The molecule has 0 aliphatic carbocycles.